The Morgan fingerprint density at radius 2 is 0.584 bits per heavy atom. The predicted molar refractivity (Wildman–Crippen MR) is 637 cm³/mol. The molecular formula is C112H116Cl5FN10O11S10. The lowest BCUT2D eigenvalue weighted by molar-refractivity contribution is -0.140. The Morgan fingerprint density at radius 1 is 0.336 bits per heavy atom. The molecule has 0 bridgehead atoms. The van der Waals surface area contributed by atoms with E-state index in [4.69, 9.17) is 162 Å². The molecule has 0 aliphatic carbocycles. The molecule has 0 saturated heterocycles. The summed E-state index contributed by atoms with van der Waals surface area (Å²) in [6, 6.07) is 70.5. The summed E-state index contributed by atoms with van der Waals surface area (Å²) in [7, 11) is 11.7. The van der Waals surface area contributed by atoms with Gasteiger partial charge in [-0.05, 0) is 246 Å². The fourth-order valence-corrected chi connectivity index (χ4v) is 26.1. The van der Waals surface area contributed by atoms with Gasteiger partial charge in [0.25, 0.3) is 0 Å². The number of aromatic nitrogens is 5. The van der Waals surface area contributed by atoms with Crippen molar-refractivity contribution in [1.29, 1.82) is 0 Å². The van der Waals surface area contributed by atoms with Crippen molar-refractivity contribution in [3.63, 3.8) is 0 Å². The number of hydrogen-bond donors (Lipinski definition) is 6. The van der Waals surface area contributed by atoms with Gasteiger partial charge in [0.2, 0.25) is 0 Å². The fraction of sp³-hybridized carbons (Fsp3) is 0.321. The van der Waals surface area contributed by atoms with Gasteiger partial charge in [-0.25, -0.2) is 0 Å². The van der Waals surface area contributed by atoms with E-state index in [0.29, 0.717) is 48.9 Å². The van der Waals surface area contributed by atoms with E-state index in [2.05, 4.69) is 134 Å². The molecule has 0 fully saturated rings. The van der Waals surface area contributed by atoms with E-state index < -0.39 is 0 Å². The number of aliphatic hydroxyl groups excluding tert-OH is 1. The van der Waals surface area contributed by atoms with E-state index in [1.54, 1.807) is 73.3 Å². The number of aliphatic hydroxyl groups is 1. The van der Waals surface area contributed by atoms with Crippen molar-refractivity contribution in [2.24, 2.45) is 0 Å². The van der Waals surface area contributed by atoms with Crippen LogP contribution in [-0.2, 0) is 55.8 Å². The first-order valence-electron chi connectivity index (χ1n) is 48.7. The highest BCUT2D eigenvalue weighted by atomic mass is 35.5. The number of alkyl halides is 1. The monoisotopic (exact) mass is 2290 g/mol. The molecule has 37 heteroatoms. The van der Waals surface area contributed by atoms with Crippen LogP contribution in [0.5, 0.6) is 28.7 Å². The molecule has 5 aromatic heterocycles. The average Bonchev–Trinajstić information content (AvgIpc) is 1.60. The van der Waals surface area contributed by atoms with Gasteiger partial charge in [-0.15, -0.1) is 0 Å². The van der Waals surface area contributed by atoms with Crippen LogP contribution in [0, 0.1) is 0 Å². The highest BCUT2D eigenvalue weighted by Crippen LogP contribution is 2.49. The molecular weight excluding hydrogens is 2180 g/mol. The Morgan fingerprint density at radius 3 is 0.826 bits per heavy atom. The van der Waals surface area contributed by atoms with E-state index in [1.807, 2.05) is 134 Å². The van der Waals surface area contributed by atoms with Crippen LogP contribution >= 0.6 is 178 Å². The molecule has 15 aromatic rings. The fourth-order valence-electron chi connectivity index (χ4n) is 19.6. The summed E-state index contributed by atoms with van der Waals surface area (Å²) in [5, 5.41) is 18.8. The molecule has 0 radical (unpaired) electrons. The molecule has 5 unspecified atom stereocenters. The maximum Gasteiger partial charge on any atom is 0.316 e. The Balaban J connectivity index is 0.000000133. The number of thioether (sulfide) groups is 5. The van der Waals surface area contributed by atoms with Crippen LogP contribution < -0.4 is 23.7 Å². The smallest absolute Gasteiger partial charge is 0.316 e. The van der Waals surface area contributed by atoms with Gasteiger partial charge in [-0.1, -0.05) is 245 Å². The molecule has 5 aliphatic heterocycles. The number of nitrogens with one attached hydrogen (secondary N) is 5. The van der Waals surface area contributed by atoms with Crippen molar-refractivity contribution in [3.05, 3.63) is 322 Å². The van der Waals surface area contributed by atoms with Crippen LogP contribution in [0.1, 0.15) is 128 Å². The van der Waals surface area contributed by atoms with Gasteiger partial charge in [0.15, 0.2) is 0 Å². The van der Waals surface area contributed by atoms with Gasteiger partial charge in [-0.2, -0.15) is 0 Å². The summed E-state index contributed by atoms with van der Waals surface area (Å²) >= 11 is 67.8. The summed E-state index contributed by atoms with van der Waals surface area (Å²) in [5.74, 6) is 6.71. The lowest BCUT2D eigenvalue weighted by Gasteiger charge is -2.37. The van der Waals surface area contributed by atoms with Gasteiger partial charge in [0, 0.05) is 178 Å². The molecule has 5 atom stereocenters. The SMILES string of the molecule is CCCOC(=O)CSC(=S)N1CCc2c([nH]c3ccc(Cl)cc23)C1c1ccc(OC)cc1.COCCOCCSC(=S)N1CCc2c([nH]c3ccc(Cl)cc23)C1c1ccc(OC)cc1.COCCSC(=S)N1CCc2c([nH]c3ccc(Cl)cc23)C1c1ccc(OC)cc1.COc1ccc(C2c3[nH]c4ccc(Cl)cc4c3CCN2C(=S)SCCF)cc1.COc1ccc(C2c3[nH]c4ccc(Cl)cc4c3CCN2C(=S)SCCO)cc1. The molecule has 0 saturated carbocycles. The van der Waals surface area contributed by atoms with Crippen molar-refractivity contribution >= 4 is 260 Å². The average molecular weight is 2300 g/mol. The predicted octanol–water partition coefficient (Wildman–Crippen LogP) is 27.2. The van der Waals surface area contributed by atoms with Crippen LogP contribution in [0.2, 0.25) is 25.1 Å². The Kier molecular flexibility index (Phi) is 40.8. The first-order valence-corrected chi connectivity index (χ1v) is 57.6. The van der Waals surface area contributed by atoms with Gasteiger partial charge >= 0.3 is 5.97 Å². The lowest BCUT2D eigenvalue weighted by atomic mass is 9.93. The van der Waals surface area contributed by atoms with Crippen molar-refractivity contribution < 1.29 is 56.9 Å². The molecule has 0 spiro atoms. The first kappa shape index (κ1) is 112. The van der Waals surface area contributed by atoms with Crippen LogP contribution in [-0.4, -0.2) is 240 Å². The van der Waals surface area contributed by atoms with Gasteiger partial charge in [0.05, 0.1) is 118 Å². The zero-order chi connectivity index (χ0) is 105. The molecule has 20 rings (SSSR count). The zero-order valence-corrected chi connectivity index (χ0v) is 95.4. The third kappa shape index (κ3) is 26.9. The number of carbonyl (C=O) groups is 1. The number of ether oxygens (including phenoxy) is 9. The van der Waals surface area contributed by atoms with E-state index >= 15 is 0 Å². The summed E-state index contributed by atoms with van der Waals surface area (Å²) in [6.07, 6.45) is 5.23. The molecule has 10 heterocycles. The van der Waals surface area contributed by atoms with E-state index in [9.17, 15) is 14.3 Å². The van der Waals surface area contributed by atoms with Crippen LogP contribution in [0.4, 0.5) is 4.39 Å². The van der Waals surface area contributed by atoms with E-state index in [0.717, 1.165) is 226 Å². The molecule has 782 valence electrons. The second-order valence-electron chi connectivity index (χ2n) is 35.4. The van der Waals surface area contributed by atoms with Gasteiger partial charge in [0.1, 0.15) is 50.4 Å². The minimum atomic E-state index is -0.387. The molecule has 0 amide bonds. The maximum atomic E-state index is 12.7. The number of H-pyrrole nitrogens is 5. The molecule has 5 aliphatic rings. The lowest BCUT2D eigenvalue weighted by Crippen LogP contribution is -2.38. The van der Waals surface area contributed by atoms with Crippen LogP contribution in [0.15, 0.2) is 212 Å². The van der Waals surface area contributed by atoms with Crippen molar-refractivity contribution in [3.8, 4) is 28.7 Å². The third-order valence-corrected chi connectivity index (χ3v) is 35.0. The number of hydrogen-bond acceptors (Lipinski definition) is 21. The summed E-state index contributed by atoms with van der Waals surface area (Å²) in [6.45, 7) is 8.73. The minimum Gasteiger partial charge on any atom is -0.497 e. The number of carbonyl (C=O) groups excluding carboxylic acids is 1. The normalized spacial score (nSPS) is 15.9. The summed E-state index contributed by atoms with van der Waals surface area (Å²) < 4.78 is 64.4. The second-order valence-corrected chi connectivity index (χ2v) is 46.1. The number of benzene rings is 10. The number of rotatable bonds is 27. The highest BCUT2D eigenvalue weighted by Gasteiger charge is 2.40. The molecule has 10 aromatic carbocycles. The first-order chi connectivity index (χ1) is 72.5. The highest BCUT2D eigenvalue weighted by molar-refractivity contribution is 8.24. The van der Waals surface area contributed by atoms with Gasteiger partial charge < -0.3 is 97.2 Å². The zero-order valence-electron chi connectivity index (χ0n) is 83.5. The molecule has 149 heavy (non-hydrogen) atoms. The molecule has 6 N–H and O–H groups in total. The van der Waals surface area contributed by atoms with Crippen molar-refractivity contribution in [2.75, 3.05) is 158 Å². The van der Waals surface area contributed by atoms with Crippen molar-refractivity contribution in [2.45, 2.75) is 75.7 Å². The molecule has 21 nitrogen and oxygen atoms in total. The standard InChI is InChI=1S/C24H27ClN2O3S2.C24H25ClN2O3S2.C22H23ClN2O2S2.C21H20ClFN2OS2.C21H21ClN2O2S2/c1-28-11-12-30-13-14-32-24(31)27-10-9-19-20-15-17(25)5-8-21(20)26-22(19)23(27)16-3-6-18(29-2)7-4-16;1-3-12-30-21(28)14-32-24(31)27-11-10-18-19-13-16(25)6-9-20(19)26-22(18)23(27)15-4-7-17(29-2)8-5-15;1-26-11-12-29-22(28)25-10-9-17-18-13-15(23)5-8-19(18)24-20(17)21(25)14-3-6-16(27-2)7-4-14;1-26-15-5-2-13(3-6-15)20-19-16(8-10-25(20)21(27)28-11-9-23)17-12-14(22)4-7-18(17)24-19;1-26-15-5-2-13(3-6-15)20-19-16(8-9-24(20)21(27)28-11-10-25)17-12-14(22)4-7-18(17)23-19/h3-8,15,23,26H,9-14H2,1-2H3;4-9,13,23,26H,3,10-12,14H2,1-2H3;3-8,13,21,24H,9-12H2,1-2H3;2-7,12,20,24H,8-11H2,1H3;2-7,12,20,23,25H,8-11H2,1H3. The largest absolute Gasteiger partial charge is 0.497 e. The number of methoxy groups -OCH3 is 7. The number of thiocarbonyl (C=S) groups is 5. The quantitative estimate of drug-likeness (QED) is 0.0160. The number of aromatic amines is 5. The number of halogens is 6. The summed E-state index contributed by atoms with van der Waals surface area (Å²) in [5.41, 5.74) is 23.3. The topological polar surface area (TPSA) is 216 Å². The number of esters is 1. The Bertz CT molecular complexity index is 7030. The number of fused-ring (bicyclic) bond motifs is 15. The summed E-state index contributed by atoms with van der Waals surface area (Å²) in [4.78, 5) is 41.4. The number of nitrogens with zero attached hydrogens (tertiary/aromatic N) is 5. The Labute approximate surface area is 941 Å². The van der Waals surface area contributed by atoms with E-state index in [1.165, 1.54) is 102 Å². The maximum absolute atomic E-state index is 12.7. The Hall–Kier alpha value is -9.21. The van der Waals surface area contributed by atoms with Crippen molar-refractivity contribution in [1.82, 2.24) is 49.4 Å². The minimum absolute atomic E-state index is 0.00485. The van der Waals surface area contributed by atoms with Crippen LogP contribution in [0.25, 0.3) is 54.5 Å². The third-order valence-electron chi connectivity index (χ3n) is 26.6. The van der Waals surface area contributed by atoms with E-state index in [-0.39, 0.29) is 55.2 Å². The second kappa shape index (κ2) is 54.1. The van der Waals surface area contributed by atoms with Gasteiger partial charge in [-0.3, -0.25) is 9.18 Å². The van der Waals surface area contributed by atoms with Crippen LogP contribution in [0.3, 0.4) is 0 Å².